The number of carbonyl (C=O) groups excluding carboxylic acids is 1. The van der Waals surface area contributed by atoms with Crippen LogP contribution in [0.15, 0.2) is 24.3 Å². The summed E-state index contributed by atoms with van der Waals surface area (Å²) in [6.07, 6.45) is -0.246. The number of anilines is 1. The van der Waals surface area contributed by atoms with Crippen LogP contribution in [0.25, 0.3) is 0 Å². The lowest BCUT2D eigenvalue weighted by Crippen LogP contribution is -2.32. The number of carboxylic acids is 1. The Balaban J connectivity index is 0.00000225. The second-order valence-electron chi connectivity index (χ2n) is 3.16. The van der Waals surface area contributed by atoms with Gasteiger partial charge in [0.25, 0.3) is 0 Å². The van der Waals surface area contributed by atoms with Gasteiger partial charge < -0.3 is 16.6 Å². The molecule has 0 saturated carbocycles. The fraction of sp³-hybridized carbons (Fsp3) is 0.200. The third-order valence-corrected chi connectivity index (χ3v) is 1.98. The summed E-state index contributed by atoms with van der Waals surface area (Å²) in [6, 6.07) is 5.31. The smallest absolute Gasteiger partial charge is 0.320 e. The number of hydrogen-bond donors (Lipinski definition) is 3. The van der Waals surface area contributed by atoms with Crippen LogP contribution in [0.3, 0.4) is 0 Å². The van der Waals surface area contributed by atoms with Crippen LogP contribution in [0.5, 0.6) is 0 Å². The molecule has 0 bridgehead atoms. The molecular weight excluding hydrogens is 276 g/mol. The van der Waals surface area contributed by atoms with Crippen molar-refractivity contribution in [2.45, 2.75) is 12.5 Å². The summed E-state index contributed by atoms with van der Waals surface area (Å²) in [5, 5.41) is 8.54. The minimum absolute atomic E-state index is 0. The van der Waals surface area contributed by atoms with Crippen LogP contribution in [-0.2, 0) is 4.79 Å². The first-order chi connectivity index (χ1) is 7.02. The fourth-order valence-corrected chi connectivity index (χ4v) is 1.15. The van der Waals surface area contributed by atoms with Crippen molar-refractivity contribution in [3.8, 4) is 0 Å². The molecule has 0 saturated heterocycles. The lowest BCUT2D eigenvalue weighted by atomic mass is 10.0. The molecule has 0 aliphatic rings. The number of hydrogen-bond acceptors (Lipinski definition) is 4. The third kappa shape index (κ3) is 3.63. The minimum atomic E-state index is -1.20. The molecule has 88 valence electrons. The zero-order valence-corrected chi connectivity index (χ0v) is 10.1. The predicted octanol–water partition coefficient (Wildman–Crippen LogP) is 0.831. The van der Waals surface area contributed by atoms with Gasteiger partial charge in [0.2, 0.25) is 0 Å². The predicted molar refractivity (Wildman–Crippen MR) is 65.7 cm³/mol. The molecule has 1 aromatic carbocycles. The second kappa shape index (κ2) is 6.24. The zero-order valence-electron chi connectivity index (χ0n) is 8.42. The third-order valence-electron chi connectivity index (χ3n) is 1.98. The highest BCUT2D eigenvalue weighted by atomic mass is 79.9. The molecule has 1 rings (SSSR count). The summed E-state index contributed by atoms with van der Waals surface area (Å²) in [5.74, 6) is -1.55. The Morgan fingerprint density at radius 3 is 2.38 bits per heavy atom. The minimum Gasteiger partial charge on any atom is -0.480 e. The molecule has 1 atom stereocenters. The standard InChI is InChI=1S/C10H12N2O3.BrH/c11-7-4-2-1-3-6(7)9(13)5-8(12)10(14)15;/h1-4,8H,5,11-12H2,(H,14,15);1H. The first-order valence-electron chi connectivity index (χ1n) is 4.38. The van der Waals surface area contributed by atoms with E-state index in [0.29, 0.717) is 11.3 Å². The van der Waals surface area contributed by atoms with Gasteiger partial charge in [0.15, 0.2) is 5.78 Å². The van der Waals surface area contributed by atoms with Gasteiger partial charge in [-0.1, -0.05) is 12.1 Å². The van der Waals surface area contributed by atoms with E-state index in [1.807, 2.05) is 0 Å². The summed E-state index contributed by atoms with van der Waals surface area (Å²) >= 11 is 0. The summed E-state index contributed by atoms with van der Waals surface area (Å²) in [6.45, 7) is 0. The molecule has 0 radical (unpaired) electrons. The van der Waals surface area contributed by atoms with E-state index >= 15 is 0 Å². The Morgan fingerprint density at radius 2 is 1.88 bits per heavy atom. The summed E-state index contributed by atoms with van der Waals surface area (Å²) < 4.78 is 0. The summed E-state index contributed by atoms with van der Waals surface area (Å²) in [5.41, 5.74) is 11.5. The molecule has 0 fully saturated rings. The molecular formula is C10H13BrN2O3. The number of nitrogen functional groups attached to an aromatic ring is 1. The van der Waals surface area contributed by atoms with E-state index < -0.39 is 12.0 Å². The van der Waals surface area contributed by atoms with Crippen LogP contribution in [0.4, 0.5) is 5.69 Å². The Bertz CT molecular complexity index is 395. The zero-order chi connectivity index (χ0) is 11.4. The number of rotatable bonds is 4. The number of carbonyl (C=O) groups is 2. The van der Waals surface area contributed by atoms with Crippen LogP contribution in [-0.4, -0.2) is 22.9 Å². The average molecular weight is 289 g/mol. The number of carboxylic acid groups (broad SMARTS) is 1. The van der Waals surface area contributed by atoms with Crippen LogP contribution >= 0.6 is 17.0 Å². The fourth-order valence-electron chi connectivity index (χ4n) is 1.15. The second-order valence-corrected chi connectivity index (χ2v) is 3.16. The van der Waals surface area contributed by atoms with Crippen LogP contribution in [0.1, 0.15) is 16.8 Å². The largest absolute Gasteiger partial charge is 0.480 e. The van der Waals surface area contributed by atoms with E-state index in [1.165, 1.54) is 0 Å². The summed E-state index contributed by atoms with van der Waals surface area (Å²) in [7, 11) is 0. The van der Waals surface area contributed by atoms with E-state index in [4.69, 9.17) is 16.6 Å². The normalized spacial score (nSPS) is 11.3. The number of para-hydroxylation sites is 1. The van der Waals surface area contributed by atoms with E-state index in [0.717, 1.165) is 0 Å². The average Bonchev–Trinajstić information content (AvgIpc) is 2.18. The van der Waals surface area contributed by atoms with E-state index in [9.17, 15) is 9.59 Å². The summed E-state index contributed by atoms with van der Waals surface area (Å²) in [4.78, 5) is 22.0. The highest BCUT2D eigenvalue weighted by molar-refractivity contribution is 8.93. The highest BCUT2D eigenvalue weighted by Crippen LogP contribution is 2.13. The van der Waals surface area contributed by atoms with Gasteiger partial charge in [-0.3, -0.25) is 9.59 Å². The number of ketones is 1. The molecule has 16 heavy (non-hydrogen) atoms. The van der Waals surface area contributed by atoms with Crippen molar-refractivity contribution >= 4 is 34.4 Å². The molecule has 0 heterocycles. The van der Waals surface area contributed by atoms with E-state index in [-0.39, 0.29) is 29.2 Å². The topological polar surface area (TPSA) is 106 Å². The Labute approximate surface area is 103 Å². The van der Waals surface area contributed by atoms with Crippen molar-refractivity contribution in [1.82, 2.24) is 0 Å². The van der Waals surface area contributed by atoms with Gasteiger partial charge in [-0.2, -0.15) is 0 Å². The molecule has 1 aromatic rings. The number of halogens is 1. The molecule has 6 heteroatoms. The molecule has 0 spiro atoms. The maximum Gasteiger partial charge on any atom is 0.320 e. The quantitative estimate of drug-likeness (QED) is 0.562. The van der Waals surface area contributed by atoms with Gasteiger partial charge in [0, 0.05) is 17.7 Å². The van der Waals surface area contributed by atoms with Gasteiger partial charge >= 0.3 is 5.97 Å². The lowest BCUT2D eigenvalue weighted by molar-refractivity contribution is -0.138. The Morgan fingerprint density at radius 1 is 1.31 bits per heavy atom. The van der Waals surface area contributed by atoms with Crippen LogP contribution in [0.2, 0.25) is 0 Å². The number of benzene rings is 1. The number of nitrogens with two attached hydrogens (primary N) is 2. The Hall–Kier alpha value is -1.40. The molecule has 0 aliphatic heterocycles. The first kappa shape index (κ1) is 14.6. The van der Waals surface area contributed by atoms with Crippen LogP contribution in [0, 0.1) is 0 Å². The molecule has 5 nitrogen and oxygen atoms in total. The van der Waals surface area contributed by atoms with Gasteiger partial charge in [-0.05, 0) is 12.1 Å². The Kier molecular flexibility index (Phi) is 5.69. The number of Topliss-reactive ketones (excluding diaryl/α,β-unsaturated/α-hetero) is 1. The molecule has 0 aliphatic carbocycles. The van der Waals surface area contributed by atoms with Crippen molar-refractivity contribution in [1.29, 1.82) is 0 Å². The molecule has 5 N–H and O–H groups in total. The molecule has 1 unspecified atom stereocenters. The number of aliphatic carboxylic acids is 1. The van der Waals surface area contributed by atoms with Crippen molar-refractivity contribution in [3.63, 3.8) is 0 Å². The first-order valence-corrected chi connectivity index (χ1v) is 4.38. The SMILES string of the molecule is Br.Nc1ccccc1C(=O)CC(N)C(=O)O. The van der Waals surface area contributed by atoms with Crippen molar-refractivity contribution in [2.24, 2.45) is 5.73 Å². The van der Waals surface area contributed by atoms with E-state index in [1.54, 1.807) is 24.3 Å². The van der Waals surface area contributed by atoms with Crippen molar-refractivity contribution in [2.75, 3.05) is 5.73 Å². The maximum atomic E-state index is 11.6. The van der Waals surface area contributed by atoms with Crippen molar-refractivity contribution in [3.05, 3.63) is 29.8 Å². The molecule has 0 amide bonds. The van der Waals surface area contributed by atoms with Gasteiger partial charge in [0.1, 0.15) is 6.04 Å². The van der Waals surface area contributed by atoms with Gasteiger partial charge in [-0.15, -0.1) is 17.0 Å². The van der Waals surface area contributed by atoms with E-state index in [2.05, 4.69) is 0 Å². The maximum absolute atomic E-state index is 11.6. The lowest BCUT2D eigenvalue weighted by Gasteiger charge is -2.07. The van der Waals surface area contributed by atoms with Crippen LogP contribution < -0.4 is 11.5 Å². The monoisotopic (exact) mass is 288 g/mol. The van der Waals surface area contributed by atoms with Crippen molar-refractivity contribution < 1.29 is 14.7 Å². The highest BCUT2D eigenvalue weighted by Gasteiger charge is 2.18. The van der Waals surface area contributed by atoms with Gasteiger partial charge in [0.05, 0.1) is 0 Å². The molecule has 0 aromatic heterocycles. The van der Waals surface area contributed by atoms with Gasteiger partial charge in [-0.25, -0.2) is 0 Å².